The highest BCUT2D eigenvalue weighted by molar-refractivity contribution is 9.10. The fourth-order valence-corrected chi connectivity index (χ4v) is 1.87. The van der Waals surface area contributed by atoms with E-state index in [0.717, 1.165) is 22.3 Å². The molecule has 0 saturated carbocycles. The third-order valence-corrected chi connectivity index (χ3v) is 2.73. The van der Waals surface area contributed by atoms with Crippen molar-refractivity contribution in [2.75, 3.05) is 0 Å². The van der Waals surface area contributed by atoms with E-state index in [1.165, 1.54) is 0 Å². The van der Waals surface area contributed by atoms with E-state index in [4.69, 9.17) is 0 Å². The van der Waals surface area contributed by atoms with Crippen LogP contribution in [0.25, 0.3) is 5.82 Å². The van der Waals surface area contributed by atoms with E-state index in [2.05, 4.69) is 20.9 Å². The lowest BCUT2D eigenvalue weighted by molar-refractivity contribution is 0.111. The summed E-state index contributed by atoms with van der Waals surface area (Å²) in [5.41, 5.74) is 1.67. The first-order valence-electron chi connectivity index (χ1n) is 4.48. The number of aromatic nitrogens is 2. The second-order valence-corrected chi connectivity index (χ2v) is 4.04. The van der Waals surface area contributed by atoms with Crippen molar-refractivity contribution in [1.82, 2.24) is 9.55 Å². The predicted molar refractivity (Wildman–Crippen MR) is 61.4 cm³/mol. The number of halogens is 1. The zero-order valence-corrected chi connectivity index (χ0v) is 9.73. The van der Waals surface area contributed by atoms with Crippen LogP contribution in [0, 0.1) is 6.92 Å². The SMILES string of the molecule is Cc1ccc(-n2c(Br)ccc2C=O)nc1. The van der Waals surface area contributed by atoms with Crippen molar-refractivity contribution in [3.63, 3.8) is 0 Å². The number of pyridine rings is 1. The normalized spacial score (nSPS) is 10.3. The summed E-state index contributed by atoms with van der Waals surface area (Å²) in [5.74, 6) is 0.736. The number of nitrogens with zero attached hydrogens (tertiary/aromatic N) is 2. The Morgan fingerprint density at radius 1 is 1.33 bits per heavy atom. The molecule has 0 unspecified atom stereocenters. The van der Waals surface area contributed by atoms with Crippen molar-refractivity contribution in [1.29, 1.82) is 0 Å². The molecule has 0 aliphatic carbocycles. The molecule has 2 rings (SSSR count). The lowest BCUT2D eigenvalue weighted by atomic mass is 10.3. The molecule has 76 valence electrons. The van der Waals surface area contributed by atoms with Crippen LogP contribution in [0.15, 0.2) is 35.1 Å². The van der Waals surface area contributed by atoms with Gasteiger partial charge in [0.1, 0.15) is 5.82 Å². The van der Waals surface area contributed by atoms with E-state index in [-0.39, 0.29) is 0 Å². The van der Waals surface area contributed by atoms with Crippen molar-refractivity contribution in [3.05, 3.63) is 46.3 Å². The summed E-state index contributed by atoms with van der Waals surface area (Å²) in [6, 6.07) is 7.42. The Labute approximate surface area is 95.9 Å². The van der Waals surface area contributed by atoms with Crippen LogP contribution < -0.4 is 0 Å². The molecule has 0 atom stereocenters. The molecule has 2 aromatic heterocycles. The molecule has 0 aliphatic rings. The standard InChI is InChI=1S/C11H9BrN2O/c1-8-2-5-11(13-6-8)14-9(7-15)3-4-10(14)12/h2-7H,1H3. The first-order valence-corrected chi connectivity index (χ1v) is 5.27. The molecule has 0 N–H and O–H groups in total. The minimum atomic E-state index is 0.582. The van der Waals surface area contributed by atoms with Crippen LogP contribution in [-0.2, 0) is 0 Å². The Balaban J connectivity index is 2.57. The second-order valence-electron chi connectivity index (χ2n) is 3.23. The van der Waals surface area contributed by atoms with Crippen molar-refractivity contribution >= 4 is 22.2 Å². The van der Waals surface area contributed by atoms with Gasteiger partial charge >= 0.3 is 0 Å². The molecular formula is C11H9BrN2O. The monoisotopic (exact) mass is 264 g/mol. The van der Waals surface area contributed by atoms with Gasteiger partial charge in [-0.15, -0.1) is 0 Å². The van der Waals surface area contributed by atoms with E-state index in [1.807, 2.05) is 25.1 Å². The Morgan fingerprint density at radius 2 is 2.13 bits per heavy atom. The third kappa shape index (κ3) is 1.85. The molecule has 15 heavy (non-hydrogen) atoms. The maximum Gasteiger partial charge on any atom is 0.166 e. The quantitative estimate of drug-likeness (QED) is 0.782. The molecule has 3 nitrogen and oxygen atoms in total. The van der Waals surface area contributed by atoms with Gasteiger partial charge in [0.15, 0.2) is 6.29 Å². The van der Waals surface area contributed by atoms with Gasteiger partial charge in [-0.2, -0.15) is 0 Å². The summed E-state index contributed by atoms with van der Waals surface area (Å²) in [4.78, 5) is 15.1. The Bertz CT molecular complexity index is 488. The van der Waals surface area contributed by atoms with Gasteiger partial charge in [0.05, 0.1) is 10.3 Å². The van der Waals surface area contributed by atoms with Gasteiger partial charge < -0.3 is 0 Å². The number of carbonyl (C=O) groups is 1. The molecule has 0 bridgehead atoms. The number of hydrogen-bond donors (Lipinski definition) is 0. The van der Waals surface area contributed by atoms with Crippen LogP contribution >= 0.6 is 15.9 Å². The summed E-state index contributed by atoms with van der Waals surface area (Å²) in [6.45, 7) is 1.97. The topological polar surface area (TPSA) is 34.9 Å². The molecule has 0 radical (unpaired) electrons. The van der Waals surface area contributed by atoms with E-state index in [0.29, 0.717) is 5.69 Å². The maximum atomic E-state index is 10.8. The average molecular weight is 265 g/mol. The van der Waals surface area contributed by atoms with Gasteiger partial charge in [0.2, 0.25) is 0 Å². The molecule has 0 aromatic carbocycles. The van der Waals surface area contributed by atoms with Gasteiger partial charge in [-0.25, -0.2) is 4.98 Å². The van der Waals surface area contributed by atoms with Crippen molar-refractivity contribution in [2.45, 2.75) is 6.92 Å². The highest BCUT2D eigenvalue weighted by Crippen LogP contribution is 2.19. The summed E-state index contributed by atoms with van der Waals surface area (Å²) in [7, 11) is 0. The molecular weight excluding hydrogens is 256 g/mol. The van der Waals surface area contributed by atoms with E-state index >= 15 is 0 Å². The van der Waals surface area contributed by atoms with Crippen molar-refractivity contribution < 1.29 is 4.79 Å². The second kappa shape index (κ2) is 3.98. The highest BCUT2D eigenvalue weighted by Gasteiger charge is 2.07. The zero-order valence-electron chi connectivity index (χ0n) is 8.14. The van der Waals surface area contributed by atoms with Crippen LogP contribution in [0.4, 0.5) is 0 Å². The molecule has 0 saturated heterocycles. The minimum absolute atomic E-state index is 0.582. The fraction of sp³-hybridized carbons (Fsp3) is 0.0909. The van der Waals surface area contributed by atoms with E-state index in [1.54, 1.807) is 16.8 Å². The fourth-order valence-electron chi connectivity index (χ4n) is 1.35. The largest absolute Gasteiger partial charge is 0.296 e. The van der Waals surface area contributed by atoms with Gasteiger partial charge in [0, 0.05) is 6.20 Å². The first-order chi connectivity index (χ1) is 7.22. The van der Waals surface area contributed by atoms with E-state index in [9.17, 15) is 4.79 Å². The van der Waals surface area contributed by atoms with Crippen LogP contribution in [0.1, 0.15) is 16.1 Å². The molecule has 0 amide bonds. The molecule has 0 fully saturated rings. The molecule has 2 aromatic rings. The summed E-state index contributed by atoms with van der Waals surface area (Å²) in [6.07, 6.45) is 2.59. The number of rotatable bonds is 2. The zero-order chi connectivity index (χ0) is 10.8. The van der Waals surface area contributed by atoms with Crippen molar-refractivity contribution in [3.8, 4) is 5.82 Å². The average Bonchev–Trinajstić information content (AvgIpc) is 2.61. The summed E-state index contributed by atoms with van der Waals surface area (Å²) >= 11 is 3.38. The van der Waals surface area contributed by atoms with E-state index < -0.39 is 0 Å². The van der Waals surface area contributed by atoms with Crippen LogP contribution in [-0.4, -0.2) is 15.8 Å². The number of hydrogen-bond acceptors (Lipinski definition) is 2. The Hall–Kier alpha value is -1.42. The number of carbonyl (C=O) groups excluding carboxylic acids is 1. The molecule has 0 spiro atoms. The van der Waals surface area contributed by atoms with Crippen molar-refractivity contribution in [2.24, 2.45) is 0 Å². The lowest BCUT2D eigenvalue weighted by Crippen LogP contribution is -2.01. The van der Waals surface area contributed by atoms with Crippen LogP contribution in [0.5, 0.6) is 0 Å². The molecule has 0 aliphatic heterocycles. The smallest absolute Gasteiger partial charge is 0.166 e. The number of aryl methyl sites for hydroxylation is 1. The molecule has 2 heterocycles. The predicted octanol–water partition coefficient (Wildman–Crippen LogP) is 2.76. The Morgan fingerprint density at radius 3 is 2.73 bits per heavy atom. The third-order valence-electron chi connectivity index (χ3n) is 2.11. The molecule has 4 heteroatoms. The lowest BCUT2D eigenvalue weighted by Gasteiger charge is -2.06. The minimum Gasteiger partial charge on any atom is -0.296 e. The Kier molecular flexibility index (Phi) is 2.68. The maximum absolute atomic E-state index is 10.8. The summed E-state index contributed by atoms with van der Waals surface area (Å²) in [5, 5.41) is 0. The highest BCUT2D eigenvalue weighted by atomic mass is 79.9. The van der Waals surface area contributed by atoms with Gasteiger partial charge in [-0.05, 0) is 46.6 Å². The van der Waals surface area contributed by atoms with Gasteiger partial charge in [-0.3, -0.25) is 9.36 Å². The van der Waals surface area contributed by atoms with Gasteiger partial charge in [0.25, 0.3) is 0 Å². The van der Waals surface area contributed by atoms with Gasteiger partial charge in [-0.1, -0.05) is 6.07 Å². The first kappa shape index (κ1) is 10.1. The summed E-state index contributed by atoms with van der Waals surface area (Å²) < 4.78 is 2.58. The number of aldehydes is 1. The van der Waals surface area contributed by atoms with Crippen LogP contribution in [0.2, 0.25) is 0 Å². The van der Waals surface area contributed by atoms with Crippen LogP contribution in [0.3, 0.4) is 0 Å².